The third-order valence-electron chi connectivity index (χ3n) is 2.90. The summed E-state index contributed by atoms with van der Waals surface area (Å²) in [6, 6.07) is 13.8. The molecule has 0 heterocycles. The number of benzene rings is 2. The third kappa shape index (κ3) is 4.07. The highest BCUT2D eigenvalue weighted by atomic mass is 16.5. The summed E-state index contributed by atoms with van der Waals surface area (Å²) >= 11 is 0. The number of para-hydroxylation sites is 1. The average Bonchev–Trinajstić information content (AvgIpc) is 2.48. The molecule has 1 amide bonds. The fourth-order valence-electron chi connectivity index (χ4n) is 1.74. The number of anilines is 2. The molecule has 0 spiro atoms. The topological polar surface area (TPSA) is 81.4 Å². The fourth-order valence-corrected chi connectivity index (χ4v) is 1.74. The van der Waals surface area contributed by atoms with E-state index in [4.69, 9.17) is 10.5 Å². The molecule has 108 valence electrons. The number of nitrogens with two attached hydrogens (primary N) is 1. The first kappa shape index (κ1) is 14.6. The monoisotopic (exact) mass is 284 g/mol. The zero-order valence-corrected chi connectivity index (χ0v) is 11.6. The highest BCUT2D eigenvalue weighted by Crippen LogP contribution is 2.13. The SMILES string of the molecule is Cc1cc(C(=O)OCC(=O)Nc2ccccc2)ccc1N. The van der Waals surface area contributed by atoms with E-state index >= 15 is 0 Å². The molecule has 0 atom stereocenters. The lowest BCUT2D eigenvalue weighted by Gasteiger charge is -2.07. The van der Waals surface area contributed by atoms with Gasteiger partial charge in [-0.25, -0.2) is 4.79 Å². The van der Waals surface area contributed by atoms with Crippen LogP contribution in [-0.2, 0) is 9.53 Å². The predicted molar refractivity (Wildman–Crippen MR) is 80.9 cm³/mol. The van der Waals surface area contributed by atoms with Gasteiger partial charge in [0.1, 0.15) is 0 Å². The molecule has 0 radical (unpaired) electrons. The Balaban J connectivity index is 1.89. The molecular formula is C16H16N2O3. The molecule has 0 aromatic heterocycles. The number of aryl methyl sites for hydroxylation is 1. The van der Waals surface area contributed by atoms with E-state index in [0.717, 1.165) is 5.56 Å². The quantitative estimate of drug-likeness (QED) is 0.667. The van der Waals surface area contributed by atoms with Gasteiger partial charge >= 0.3 is 5.97 Å². The second-order valence-corrected chi connectivity index (χ2v) is 4.56. The molecule has 2 rings (SSSR count). The highest BCUT2D eigenvalue weighted by Gasteiger charge is 2.11. The zero-order valence-electron chi connectivity index (χ0n) is 11.6. The molecule has 0 saturated carbocycles. The normalized spacial score (nSPS) is 9.95. The van der Waals surface area contributed by atoms with Crippen molar-refractivity contribution >= 4 is 23.3 Å². The Hall–Kier alpha value is -2.82. The Morgan fingerprint density at radius 1 is 1.14 bits per heavy atom. The van der Waals surface area contributed by atoms with E-state index in [0.29, 0.717) is 16.9 Å². The summed E-state index contributed by atoms with van der Waals surface area (Å²) in [5, 5.41) is 2.63. The Bertz CT molecular complexity index is 654. The van der Waals surface area contributed by atoms with Crippen molar-refractivity contribution in [1.82, 2.24) is 0 Å². The molecule has 0 unspecified atom stereocenters. The number of rotatable bonds is 4. The number of carbonyl (C=O) groups is 2. The van der Waals surface area contributed by atoms with Crippen molar-refractivity contribution in [2.45, 2.75) is 6.92 Å². The smallest absolute Gasteiger partial charge is 0.338 e. The van der Waals surface area contributed by atoms with Crippen molar-refractivity contribution < 1.29 is 14.3 Å². The van der Waals surface area contributed by atoms with E-state index in [2.05, 4.69) is 5.32 Å². The maximum atomic E-state index is 11.8. The summed E-state index contributed by atoms with van der Waals surface area (Å²) in [4.78, 5) is 23.5. The van der Waals surface area contributed by atoms with Crippen LogP contribution < -0.4 is 11.1 Å². The number of amides is 1. The lowest BCUT2D eigenvalue weighted by Crippen LogP contribution is -2.20. The summed E-state index contributed by atoms with van der Waals surface area (Å²) in [5.41, 5.74) is 8.10. The van der Waals surface area contributed by atoms with Crippen LogP contribution in [0.25, 0.3) is 0 Å². The summed E-state index contributed by atoms with van der Waals surface area (Å²) in [6.45, 7) is 1.46. The van der Waals surface area contributed by atoms with Crippen LogP contribution in [0.1, 0.15) is 15.9 Å². The molecule has 0 fully saturated rings. The van der Waals surface area contributed by atoms with Crippen molar-refractivity contribution in [3.63, 3.8) is 0 Å². The minimum absolute atomic E-state index is 0.336. The molecule has 0 aliphatic carbocycles. The first-order valence-electron chi connectivity index (χ1n) is 6.44. The van der Waals surface area contributed by atoms with Crippen molar-refractivity contribution in [3.8, 4) is 0 Å². The molecule has 0 bridgehead atoms. The van der Waals surface area contributed by atoms with Crippen molar-refractivity contribution in [1.29, 1.82) is 0 Å². The number of hydrogen-bond acceptors (Lipinski definition) is 4. The Morgan fingerprint density at radius 3 is 2.52 bits per heavy atom. The Kier molecular flexibility index (Phi) is 4.56. The van der Waals surface area contributed by atoms with Crippen LogP contribution >= 0.6 is 0 Å². The van der Waals surface area contributed by atoms with Crippen LogP contribution in [0, 0.1) is 6.92 Å². The molecule has 0 aliphatic rings. The van der Waals surface area contributed by atoms with Gasteiger partial charge in [-0.15, -0.1) is 0 Å². The minimum Gasteiger partial charge on any atom is -0.452 e. The van der Waals surface area contributed by atoms with E-state index in [1.165, 1.54) is 0 Å². The van der Waals surface area contributed by atoms with E-state index in [1.54, 1.807) is 49.4 Å². The number of esters is 1. The highest BCUT2D eigenvalue weighted by molar-refractivity contribution is 5.95. The van der Waals surface area contributed by atoms with E-state index in [-0.39, 0.29) is 12.5 Å². The second-order valence-electron chi connectivity index (χ2n) is 4.56. The Labute approximate surface area is 122 Å². The van der Waals surface area contributed by atoms with Crippen molar-refractivity contribution in [2.75, 3.05) is 17.7 Å². The maximum Gasteiger partial charge on any atom is 0.338 e. The summed E-state index contributed by atoms with van der Waals surface area (Å²) in [6.07, 6.45) is 0. The lowest BCUT2D eigenvalue weighted by atomic mass is 10.1. The molecule has 21 heavy (non-hydrogen) atoms. The fraction of sp³-hybridized carbons (Fsp3) is 0.125. The van der Waals surface area contributed by atoms with Gasteiger partial charge in [0.05, 0.1) is 5.56 Å². The largest absolute Gasteiger partial charge is 0.452 e. The van der Waals surface area contributed by atoms with Gasteiger partial charge in [-0.1, -0.05) is 18.2 Å². The summed E-state index contributed by atoms with van der Waals surface area (Å²) < 4.78 is 4.97. The number of carbonyl (C=O) groups excluding carboxylic acids is 2. The van der Waals surface area contributed by atoms with Gasteiger partial charge in [-0.05, 0) is 42.8 Å². The first-order valence-corrected chi connectivity index (χ1v) is 6.44. The molecule has 0 aliphatic heterocycles. The first-order chi connectivity index (χ1) is 10.1. The van der Waals surface area contributed by atoms with Crippen LogP contribution in [0.2, 0.25) is 0 Å². The van der Waals surface area contributed by atoms with Crippen LogP contribution in [0.15, 0.2) is 48.5 Å². The van der Waals surface area contributed by atoms with Gasteiger partial charge < -0.3 is 15.8 Å². The number of nitrogens with one attached hydrogen (secondary N) is 1. The molecule has 2 aromatic rings. The van der Waals surface area contributed by atoms with Gasteiger partial charge in [-0.2, -0.15) is 0 Å². The van der Waals surface area contributed by atoms with Crippen LogP contribution in [0.5, 0.6) is 0 Å². The van der Waals surface area contributed by atoms with Crippen molar-refractivity contribution in [3.05, 3.63) is 59.7 Å². The Morgan fingerprint density at radius 2 is 1.86 bits per heavy atom. The van der Waals surface area contributed by atoms with Gasteiger partial charge in [0.15, 0.2) is 6.61 Å². The van der Waals surface area contributed by atoms with Crippen LogP contribution in [0.4, 0.5) is 11.4 Å². The van der Waals surface area contributed by atoms with Gasteiger partial charge in [0.25, 0.3) is 5.91 Å². The minimum atomic E-state index is -0.554. The molecule has 0 saturated heterocycles. The molecular weight excluding hydrogens is 268 g/mol. The standard InChI is InChI=1S/C16H16N2O3/c1-11-9-12(7-8-14(11)17)16(20)21-10-15(19)18-13-5-3-2-4-6-13/h2-9H,10,17H2,1H3,(H,18,19). The van der Waals surface area contributed by atoms with E-state index in [9.17, 15) is 9.59 Å². The molecule has 5 heteroatoms. The number of ether oxygens (including phenoxy) is 1. The van der Waals surface area contributed by atoms with Gasteiger partial charge in [-0.3, -0.25) is 4.79 Å². The molecule has 2 aromatic carbocycles. The van der Waals surface area contributed by atoms with Gasteiger partial charge in [0, 0.05) is 11.4 Å². The zero-order chi connectivity index (χ0) is 15.2. The molecule has 5 nitrogen and oxygen atoms in total. The number of nitrogen functional groups attached to an aromatic ring is 1. The third-order valence-corrected chi connectivity index (χ3v) is 2.90. The lowest BCUT2D eigenvalue weighted by molar-refractivity contribution is -0.119. The van der Waals surface area contributed by atoms with E-state index < -0.39 is 5.97 Å². The predicted octanol–water partition coefficient (Wildman–Crippen LogP) is 2.37. The second kappa shape index (κ2) is 6.56. The number of hydrogen-bond donors (Lipinski definition) is 2. The molecule has 3 N–H and O–H groups in total. The van der Waals surface area contributed by atoms with Crippen LogP contribution in [-0.4, -0.2) is 18.5 Å². The van der Waals surface area contributed by atoms with Crippen LogP contribution in [0.3, 0.4) is 0 Å². The summed E-state index contributed by atoms with van der Waals surface area (Å²) in [5.74, 6) is -0.942. The van der Waals surface area contributed by atoms with Crippen molar-refractivity contribution in [2.24, 2.45) is 0 Å². The average molecular weight is 284 g/mol. The maximum absolute atomic E-state index is 11.8. The van der Waals surface area contributed by atoms with Gasteiger partial charge in [0.2, 0.25) is 0 Å². The summed E-state index contributed by atoms with van der Waals surface area (Å²) in [7, 11) is 0. The van der Waals surface area contributed by atoms with E-state index in [1.807, 2.05) is 6.07 Å².